The van der Waals surface area contributed by atoms with Gasteiger partial charge in [-0.05, 0) is 12.8 Å². The minimum absolute atomic E-state index is 0.184. The minimum Gasteiger partial charge on any atom is -0.480 e. The summed E-state index contributed by atoms with van der Waals surface area (Å²) in [7, 11) is 0. The van der Waals surface area contributed by atoms with Crippen LogP contribution < -0.4 is 10.6 Å². The van der Waals surface area contributed by atoms with Crippen molar-refractivity contribution < 1.29 is 14.7 Å². The Morgan fingerprint density at radius 1 is 1.47 bits per heavy atom. The highest BCUT2D eigenvalue weighted by molar-refractivity contribution is 7.13. The predicted octanol–water partition coefficient (Wildman–Crippen LogP) is 1.68. The minimum atomic E-state index is -1.05. The Kier molecular flexibility index (Phi) is 4.45. The fourth-order valence-corrected chi connectivity index (χ4v) is 1.88. The molecule has 0 fully saturated rings. The zero-order valence-corrected chi connectivity index (χ0v) is 10.7. The molecule has 0 bridgehead atoms. The molecule has 1 aromatic heterocycles. The van der Waals surface area contributed by atoms with E-state index < -0.39 is 18.0 Å². The molecule has 2 amide bonds. The number of nitrogens with zero attached hydrogens (tertiary/aromatic N) is 1. The van der Waals surface area contributed by atoms with E-state index in [1.807, 2.05) is 6.92 Å². The quantitative estimate of drug-likeness (QED) is 0.765. The van der Waals surface area contributed by atoms with Crippen LogP contribution >= 0.6 is 11.3 Å². The first kappa shape index (κ1) is 13.4. The second-order valence-electron chi connectivity index (χ2n) is 3.95. The lowest BCUT2D eigenvalue weighted by Crippen LogP contribution is -2.46. The Bertz CT molecular complexity index is 417. The van der Waals surface area contributed by atoms with Gasteiger partial charge in [0.15, 0.2) is 5.13 Å². The van der Waals surface area contributed by atoms with E-state index in [0.717, 1.165) is 5.69 Å². The van der Waals surface area contributed by atoms with E-state index in [4.69, 9.17) is 5.11 Å². The molecule has 0 aliphatic heterocycles. The highest BCUT2D eigenvalue weighted by atomic mass is 32.1. The summed E-state index contributed by atoms with van der Waals surface area (Å²) in [6.07, 6.45) is 0. The maximum atomic E-state index is 11.5. The standard InChI is InChI=1S/C10H15N3O3S/c1-5(2)7(8(14)15)12-9(16)13-10-11-6(3)4-17-10/h4-5,7H,1-3H3,(H,14,15)(H2,11,12,13,16)/t7-/m1/s1. The lowest BCUT2D eigenvalue weighted by atomic mass is 10.1. The Morgan fingerprint density at radius 2 is 2.12 bits per heavy atom. The first-order valence-electron chi connectivity index (χ1n) is 5.12. The van der Waals surface area contributed by atoms with Gasteiger partial charge in [-0.25, -0.2) is 14.6 Å². The molecule has 6 nitrogen and oxygen atoms in total. The summed E-state index contributed by atoms with van der Waals surface area (Å²) in [5.74, 6) is -1.23. The predicted molar refractivity (Wildman–Crippen MR) is 65.3 cm³/mol. The normalized spacial score (nSPS) is 12.2. The third-order valence-corrected chi connectivity index (χ3v) is 2.93. The van der Waals surface area contributed by atoms with Gasteiger partial charge in [0.2, 0.25) is 0 Å². The lowest BCUT2D eigenvalue weighted by molar-refractivity contribution is -0.140. The van der Waals surface area contributed by atoms with E-state index in [1.54, 1.807) is 19.2 Å². The average molecular weight is 257 g/mol. The van der Waals surface area contributed by atoms with Gasteiger partial charge in [-0.3, -0.25) is 5.32 Å². The van der Waals surface area contributed by atoms with Gasteiger partial charge < -0.3 is 10.4 Å². The van der Waals surface area contributed by atoms with Crippen molar-refractivity contribution in [3.05, 3.63) is 11.1 Å². The molecule has 0 spiro atoms. The third kappa shape index (κ3) is 4.03. The molecule has 94 valence electrons. The first-order valence-corrected chi connectivity index (χ1v) is 6.00. The number of anilines is 1. The number of aromatic nitrogens is 1. The van der Waals surface area contributed by atoms with Crippen LogP contribution in [0.2, 0.25) is 0 Å². The summed E-state index contributed by atoms with van der Waals surface area (Å²) < 4.78 is 0. The van der Waals surface area contributed by atoms with Crippen LogP contribution in [0.1, 0.15) is 19.5 Å². The molecule has 0 aromatic carbocycles. The number of carboxylic acids is 1. The number of aryl methyl sites for hydroxylation is 1. The molecule has 1 aromatic rings. The van der Waals surface area contributed by atoms with E-state index in [9.17, 15) is 9.59 Å². The highest BCUT2D eigenvalue weighted by Gasteiger charge is 2.23. The molecule has 0 aliphatic carbocycles. The van der Waals surface area contributed by atoms with Crippen molar-refractivity contribution in [1.82, 2.24) is 10.3 Å². The van der Waals surface area contributed by atoms with Crippen molar-refractivity contribution in [2.45, 2.75) is 26.8 Å². The molecule has 3 N–H and O–H groups in total. The molecule has 1 rings (SSSR count). The molecule has 0 aliphatic rings. The van der Waals surface area contributed by atoms with E-state index in [2.05, 4.69) is 15.6 Å². The van der Waals surface area contributed by atoms with Gasteiger partial charge >= 0.3 is 12.0 Å². The average Bonchev–Trinajstić information content (AvgIpc) is 2.59. The molecule has 0 saturated carbocycles. The van der Waals surface area contributed by atoms with Gasteiger partial charge in [0.25, 0.3) is 0 Å². The number of amides is 2. The Hall–Kier alpha value is -1.63. The Balaban J connectivity index is 2.56. The third-order valence-electron chi connectivity index (χ3n) is 2.06. The maximum absolute atomic E-state index is 11.5. The van der Waals surface area contributed by atoms with E-state index in [1.165, 1.54) is 11.3 Å². The molecule has 0 radical (unpaired) electrons. The second kappa shape index (κ2) is 5.62. The summed E-state index contributed by atoms with van der Waals surface area (Å²) >= 11 is 1.29. The number of aliphatic carboxylic acids is 1. The summed E-state index contributed by atoms with van der Waals surface area (Å²) in [6, 6.07) is -1.46. The number of thiazole rings is 1. The summed E-state index contributed by atoms with van der Waals surface area (Å²) in [6.45, 7) is 5.27. The highest BCUT2D eigenvalue weighted by Crippen LogP contribution is 2.14. The van der Waals surface area contributed by atoms with Gasteiger partial charge in [0.05, 0.1) is 5.69 Å². The zero-order valence-electron chi connectivity index (χ0n) is 9.85. The fourth-order valence-electron chi connectivity index (χ4n) is 1.20. The van der Waals surface area contributed by atoms with Crippen LogP contribution in [0.4, 0.5) is 9.93 Å². The van der Waals surface area contributed by atoms with Gasteiger partial charge in [-0.15, -0.1) is 11.3 Å². The Morgan fingerprint density at radius 3 is 2.53 bits per heavy atom. The molecule has 1 atom stereocenters. The SMILES string of the molecule is Cc1csc(NC(=O)N[C@@H](C(=O)O)C(C)C)n1. The summed E-state index contributed by atoms with van der Waals surface area (Å²) in [5.41, 5.74) is 0.809. The molecule has 1 heterocycles. The van der Waals surface area contributed by atoms with Crippen LogP contribution in [0, 0.1) is 12.8 Å². The van der Waals surface area contributed by atoms with Gasteiger partial charge in [-0.1, -0.05) is 13.8 Å². The molecule has 0 unspecified atom stereocenters. The number of rotatable bonds is 4. The molecule has 0 saturated heterocycles. The van der Waals surface area contributed by atoms with Crippen LogP contribution in [-0.4, -0.2) is 28.1 Å². The van der Waals surface area contributed by atoms with Crippen LogP contribution in [0.25, 0.3) is 0 Å². The monoisotopic (exact) mass is 257 g/mol. The topological polar surface area (TPSA) is 91.3 Å². The number of nitrogens with one attached hydrogen (secondary N) is 2. The van der Waals surface area contributed by atoms with E-state index in [0.29, 0.717) is 5.13 Å². The van der Waals surface area contributed by atoms with Crippen molar-refractivity contribution in [3.8, 4) is 0 Å². The largest absolute Gasteiger partial charge is 0.480 e. The molecule has 7 heteroatoms. The second-order valence-corrected chi connectivity index (χ2v) is 4.81. The lowest BCUT2D eigenvalue weighted by Gasteiger charge is -2.17. The molecule has 17 heavy (non-hydrogen) atoms. The van der Waals surface area contributed by atoms with E-state index >= 15 is 0 Å². The Labute approximate surface area is 103 Å². The fraction of sp³-hybridized carbons (Fsp3) is 0.500. The van der Waals surface area contributed by atoms with Crippen molar-refractivity contribution in [3.63, 3.8) is 0 Å². The zero-order chi connectivity index (χ0) is 13.0. The number of carbonyl (C=O) groups is 2. The van der Waals surface area contributed by atoms with Crippen LogP contribution in [0.15, 0.2) is 5.38 Å². The number of hydrogen-bond acceptors (Lipinski definition) is 4. The molecular weight excluding hydrogens is 242 g/mol. The van der Waals surface area contributed by atoms with Crippen molar-refractivity contribution >= 4 is 28.5 Å². The van der Waals surface area contributed by atoms with Crippen LogP contribution in [0.5, 0.6) is 0 Å². The maximum Gasteiger partial charge on any atom is 0.326 e. The van der Waals surface area contributed by atoms with Crippen LogP contribution in [-0.2, 0) is 4.79 Å². The number of carboxylic acid groups (broad SMARTS) is 1. The van der Waals surface area contributed by atoms with Gasteiger partial charge in [0.1, 0.15) is 6.04 Å². The number of urea groups is 1. The summed E-state index contributed by atoms with van der Waals surface area (Å²) in [5, 5.41) is 16.0. The van der Waals surface area contributed by atoms with Crippen molar-refractivity contribution in [2.24, 2.45) is 5.92 Å². The molecular formula is C10H15N3O3S. The van der Waals surface area contributed by atoms with Crippen molar-refractivity contribution in [1.29, 1.82) is 0 Å². The number of hydrogen-bond donors (Lipinski definition) is 3. The first-order chi connectivity index (χ1) is 7.90. The van der Waals surface area contributed by atoms with Gasteiger partial charge in [0, 0.05) is 5.38 Å². The van der Waals surface area contributed by atoms with Crippen LogP contribution in [0.3, 0.4) is 0 Å². The number of carbonyl (C=O) groups excluding carboxylic acids is 1. The summed E-state index contributed by atoms with van der Waals surface area (Å²) in [4.78, 5) is 26.4. The van der Waals surface area contributed by atoms with Gasteiger partial charge in [-0.2, -0.15) is 0 Å². The van der Waals surface area contributed by atoms with Crippen molar-refractivity contribution in [2.75, 3.05) is 5.32 Å². The van der Waals surface area contributed by atoms with E-state index in [-0.39, 0.29) is 5.92 Å². The smallest absolute Gasteiger partial charge is 0.326 e.